The maximum absolute atomic E-state index is 13.4. The van der Waals surface area contributed by atoms with Crippen LogP contribution in [0.4, 0.5) is 5.82 Å². The predicted molar refractivity (Wildman–Crippen MR) is 112 cm³/mol. The van der Waals surface area contributed by atoms with Crippen LogP contribution in [-0.4, -0.2) is 35.1 Å². The van der Waals surface area contributed by atoms with E-state index in [-0.39, 0.29) is 17.9 Å². The third-order valence-corrected chi connectivity index (χ3v) is 7.28. The van der Waals surface area contributed by atoms with Gasteiger partial charge in [-0.1, -0.05) is 49.2 Å². The highest BCUT2D eigenvalue weighted by atomic mass is 16.3. The lowest BCUT2D eigenvalue weighted by molar-refractivity contribution is -0.147. The summed E-state index contributed by atoms with van der Waals surface area (Å²) in [5.74, 6) is 1.73. The number of rotatable bonds is 5. The van der Waals surface area contributed by atoms with Gasteiger partial charge in [0.25, 0.3) is 5.91 Å². The van der Waals surface area contributed by atoms with E-state index in [9.17, 15) is 9.90 Å². The summed E-state index contributed by atoms with van der Waals surface area (Å²) in [7, 11) is 0. The third kappa shape index (κ3) is 3.12. The highest BCUT2D eigenvalue weighted by Gasteiger charge is 2.58. The van der Waals surface area contributed by atoms with Gasteiger partial charge in [0.15, 0.2) is 5.60 Å². The molecule has 2 N–H and O–H groups in total. The molecular weight excluding hydrogens is 362 g/mol. The van der Waals surface area contributed by atoms with E-state index in [2.05, 4.69) is 28.2 Å². The zero-order valence-electron chi connectivity index (χ0n) is 16.9. The number of nitrogens with one attached hydrogen (secondary N) is 1. The minimum absolute atomic E-state index is 0.00356. The van der Waals surface area contributed by atoms with Crippen LogP contribution in [0.15, 0.2) is 48.7 Å². The molecule has 5 heteroatoms. The van der Waals surface area contributed by atoms with Gasteiger partial charge in [0.1, 0.15) is 5.82 Å². The number of aliphatic hydroxyl groups is 1. The van der Waals surface area contributed by atoms with Gasteiger partial charge in [0.2, 0.25) is 0 Å². The van der Waals surface area contributed by atoms with Crippen LogP contribution >= 0.6 is 0 Å². The smallest absolute Gasteiger partial charge is 0.257 e. The van der Waals surface area contributed by atoms with E-state index in [4.69, 9.17) is 0 Å². The summed E-state index contributed by atoms with van der Waals surface area (Å²) in [6.07, 6.45) is 5.82. The maximum atomic E-state index is 13.4. The van der Waals surface area contributed by atoms with Crippen molar-refractivity contribution < 1.29 is 9.90 Å². The molecule has 3 aliphatic rings. The normalized spacial score (nSPS) is 28.1. The fourth-order valence-corrected chi connectivity index (χ4v) is 5.57. The number of fused-ring (bicyclic) bond motifs is 1. The Hall–Kier alpha value is -2.40. The number of anilines is 1. The Balaban J connectivity index is 1.29. The number of piperidine rings is 1. The summed E-state index contributed by atoms with van der Waals surface area (Å²) in [4.78, 5) is 20.2. The molecule has 1 amide bonds. The van der Waals surface area contributed by atoms with Crippen LogP contribution < -0.4 is 10.2 Å². The Morgan fingerprint density at radius 3 is 2.45 bits per heavy atom. The van der Waals surface area contributed by atoms with E-state index in [0.29, 0.717) is 11.8 Å². The van der Waals surface area contributed by atoms with Crippen LogP contribution in [0.1, 0.15) is 36.8 Å². The third-order valence-electron chi connectivity index (χ3n) is 7.28. The zero-order chi connectivity index (χ0) is 20.0. The highest BCUT2D eigenvalue weighted by molar-refractivity contribution is 5.87. The molecule has 2 heterocycles. The second-order valence-electron chi connectivity index (χ2n) is 8.99. The molecule has 1 aromatic heterocycles. The van der Waals surface area contributed by atoms with E-state index in [0.717, 1.165) is 50.2 Å². The summed E-state index contributed by atoms with van der Waals surface area (Å²) < 4.78 is 0. The van der Waals surface area contributed by atoms with Crippen molar-refractivity contribution >= 4 is 11.7 Å². The summed E-state index contributed by atoms with van der Waals surface area (Å²) >= 11 is 0. The van der Waals surface area contributed by atoms with E-state index in [1.807, 2.05) is 42.6 Å². The van der Waals surface area contributed by atoms with Gasteiger partial charge in [-0.3, -0.25) is 4.79 Å². The molecule has 2 aromatic rings. The number of hydrogen-bond acceptors (Lipinski definition) is 4. The molecule has 152 valence electrons. The Bertz CT molecular complexity index is 884. The first kappa shape index (κ1) is 18.6. The van der Waals surface area contributed by atoms with Crippen molar-refractivity contribution in [3.05, 3.63) is 59.8 Å². The van der Waals surface area contributed by atoms with Gasteiger partial charge in [-0.15, -0.1) is 0 Å². The number of nitrogens with zero attached hydrogens (tertiary/aromatic N) is 2. The number of carbonyl (C=O) groups excluding carboxylic acids is 1. The minimum atomic E-state index is -1.42. The van der Waals surface area contributed by atoms with Crippen molar-refractivity contribution in [2.24, 2.45) is 17.8 Å². The highest BCUT2D eigenvalue weighted by Crippen LogP contribution is 2.48. The predicted octanol–water partition coefficient (Wildman–Crippen LogP) is 3.02. The lowest BCUT2D eigenvalue weighted by Gasteiger charge is -2.34. The molecule has 0 bridgehead atoms. The minimum Gasteiger partial charge on any atom is -0.375 e. The average molecular weight is 392 g/mol. The van der Waals surface area contributed by atoms with Crippen LogP contribution in [-0.2, 0) is 10.4 Å². The molecule has 3 fully saturated rings. The lowest BCUT2D eigenvalue weighted by atomic mass is 9.79. The summed E-state index contributed by atoms with van der Waals surface area (Å²) in [6.45, 7) is 3.93. The zero-order valence-corrected chi connectivity index (χ0v) is 16.9. The fourth-order valence-electron chi connectivity index (χ4n) is 5.57. The van der Waals surface area contributed by atoms with Crippen LogP contribution in [0.5, 0.6) is 0 Å². The Morgan fingerprint density at radius 2 is 1.79 bits per heavy atom. The van der Waals surface area contributed by atoms with Crippen molar-refractivity contribution in [2.75, 3.05) is 18.0 Å². The standard InChI is InChI=1S/C24H29N3O2/c1-16-8-7-13-25-22(16)27-14-19-20(15-27)21(19)26-23(28)24(29,18-11-5-6-12-18)17-9-3-2-4-10-17/h2-4,7-10,13,18-21,29H,5-6,11-12,14-15H2,1H3,(H,26,28). The van der Waals surface area contributed by atoms with Gasteiger partial charge in [-0.2, -0.15) is 0 Å². The number of amides is 1. The number of carbonyl (C=O) groups is 1. The lowest BCUT2D eigenvalue weighted by Crippen LogP contribution is -2.51. The molecule has 5 rings (SSSR count). The second-order valence-corrected chi connectivity index (χ2v) is 8.99. The number of hydrogen-bond donors (Lipinski definition) is 2. The summed E-state index contributed by atoms with van der Waals surface area (Å²) in [5.41, 5.74) is 0.487. The van der Waals surface area contributed by atoms with Gasteiger partial charge >= 0.3 is 0 Å². The average Bonchev–Trinajstić information content (AvgIpc) is 3.18. The molecule has 2 aliphatic carbocycles. The number of aromatic nitrogens is 1. The molecular formula is C24H29N3O2. The second kappa shape index (κ2) is 7.13. The Morgan fingerprint density at radius 1 is 1.10 bits per heavy atom. The van der Waals surface area contributed by atoms with E-state index >= 15 is 0 Å². The molecule has 5 nitrogen and oxygen atoms in total. The van der Waals surface area contributed by atoms with Gasteiger partial charge in [0, 0.05) is 43.1 Å². The summed E-state index contributed by atoms with van der Waals surface area (Å²) in [6, 6.07) is 13.7. The van der Waals surface area contributed by atoms with Crippen molar-refractivity contribution in [1.29, 1.82) is 0 Å². The molecule has 3 unspecified atom stereocenters. The monoisotopic (exact) mass is 391 g/mol. The first-order valence-corrected chi connectivity index (χ1v) is 10.8. The number of pyridine rings is 1. The Kier molecular flexibility index (Phi) is 4.58. The molecule has 2 saturated carbocycles. The summed E-state index contributed by atoms with van der Waals surface area (Å²) in [5, 5.41) is 14.8. The largest absolute Gasteiger partial charge is 0.375 e. The molecule has 3 atom stereocenters. The van der Waals surface area contributed by atoms with Gasteiger partial charge < -0.3 is 15.3 Å². The van der Waals surface area contributed by atoms with Crippen LogP contribution in [0, 0.1) is 24.7 Å². The molecule has 1 saturated heterocycles. The van der Waals surface area contributed by atoms with Gasteiger partial charge in [-0.05, 0) is 37.0 Å². The molecule has 1 aliphatic heterocycles. The van der Waals surface area contributed by atoms with Crippen LogP contribution in [0.25, 0.3) is 0 Å². The van der Waals surface area contributed by atoms with Gasteiger partial charge in [0.05, 0.1) is 0 Å². The van der Waals surface area contributed by atoms with E-state index in [1.165, 1.54) is 5.56 Å². The van der Waals surface area contributed by atoms with Crippen molar-refractivity contribution in [1.82, 2.24) is 10.3 Å². The van der Waals surface area contributed by atoms with Crippen LogP contribution in [0.2, 0.25) is 0 Å². The fraction of sp³-hybridized carbons (Fsp3) is 0.500. The molecule has 29 heavy (non-hydrogen) atoms. The van der Waals surface area contributed by atoms with Crippen molar-refractivity contribution in [2.45, 2.75) is 44.2 Å². The first-order chi connectivity index (χ1) is 14.1. The topological polar surface area (TPSA) is 65.5 Å². The quantitative estimate of drug-likeness (QED) is 0.822. The number of benzene rings is 1. The number of aryl methyl sites for hydroxylation is 1. The SMILES string of the molecule is Cc1cccnc1N1CC2C(C1)C2NC(=O)C(O)(c1ccccc1)C1CCCC1. The van der Waals surface area contributed by atoms with Crippen molar-refractivity contribution in [3.8, 4) is 0 Å². The maximum Gasteiger partial charge on any atom is 0.257 e. The van der Waals surface area contributed by atoms with Crippen LogP contribution in [0.3, 0.4) is 0 Å². The molecule has 0 spiro atoms. The van der Waals surface area contributed by atoms with E-state index < -0.39 is 5.60 Å². The molecule has 0 radical (unpaired) electrons. The first-order valence-electron chi connectivity index (χ1n) is 10.8. The van der Waals surface area contributed by atoms with Crippen molar-refractivity contribution in [3.63, 3.8) is 0 Å². The van der Waals surface area contributed by atoms with Gasteiger partial charge in [-0.25, -0.2) is 4.98 Å². The van der Waals surface area contributed by atoms with E-state index in [1.54, 1.807) is 0 Å². The Labute approximate surface area is 172 Å². The molecule has 1 aromatic carbocycles.